The third-order valence-corrected chi connectivity index (χ3v) is 5.50. The Hall–Kier alpha value is -2.82. The first-order chi connectivity index (χ1) is 14.4. The fourth-order valence-corrected chi connectivity index (χ4v) is 4.12. The first kappa shape index (κ1) is 20.5. The molecule has 3 aromatic rings. The van der Waals surface area contributed by atoms with Crippen LogP contribution in [0.1, 0.15) is 19.0 Å². The molecule has 2 atom stereocenters. The van der Waals surface area contributed by atoms with E-state index in [-0.39, 0.29) is 18.3 Å². The van der Waals surface area contributed by atoms with Crippen molar-refractivity contribution in [2.24, 2.45) is 11.8 Å². The minimum absolute atomic E-state index is 0.0435. The summed E-state index contributed by atoms with van der Waals surface area (Å²) in [5, 5.41) is 8.54. The van der Waals surface area contributed by atoms with E-state index in [9.17, 15) is 13.2 Å². The van der Waals surface area contributed by atoms with Crippen LogP contribution in [0, 0.1) is 11.8 Å². The SMILES string of the molecule is CC1CC(COc2cccnc2C(F)(F)F)CN(c2cncc(-c3nncs3)n2)C1. The van der Waals surface area contributed by atoms with E-state index in [4.69, 9.17) is 4.74 Å². The Morgan fingerprint density at radius 1 is 1.27 bits per heavy atom. The summed E-state index contributed by atoms with van der Waals surface area (Å²) in [5.74, 6) is 0.835. The lowest BCUT2D eigenvalue weighted by atomic mass is 9.91. The highest BCUT2D eigenvalue weighted by Crippen LogP contribution is 2.35. The van der Waals surface area contributed by atoms with E-state index in [0.29, 0.717) is 29.0 Å². The zero-order valence-electron chi connectivity index (χ0n) is 16.1. The predicted octanol–water partition coefficient (Wildman–Crippen LogP) is 3.95. The molecular weight excluding hydrogens is 417 g/mol. The van der Waals surface area contributed by atoms with Crippen LogP contribution in [-0.4, -0.2) is 44.8 Å². The Morgan fingerprint density at radius 2 is 2.13 bits per heavy atom. The van der Waals surface area contributed by atoms with Gasteiger partial charge in [-0.05, 0) is 24.5 Å². The van der Waals surface area contributed by atoms with Crippen LogP contribution in [0.25, 0.3) is 10.7 Å². The molecule has 0 bridgehead atoms. The quantitative estimate of drug-likeness (QED) is 0.599. The largest absolute Gasteiger partial charge is 0.491 e. The number of rotatable bonds is 5. The maximum atomic E-state index is 13.1. The fraction of sp³-hybridized carbons (Fsp3) is 0.421. The molecule has 2 unspecified atom stereocenters. The van der Waals surface area contributed by atoms with Crippen molar-refractivity contribution in [3.63, 3.8) is 0 Å². The molecule has 0 N–H and O–H groups in total. The van der Waals surface area contributed by atoms with Gasteiger partial charge in [-0.3, -0.25) is 4.98 Å². The zero-order chi connectivity index (χ0) is 21.1. The molecule has 1 fully saturated rings. The minimum atomic E-state index is -4.55. The highest BCUT2D eigenvalue weighted by atomic mass is 32.1. The molecule has 0 radical (unpaired) electrons. The molecule has 1 aliphatic heterocycles. The normalized spacial score (nSPS) is 19.7. The van der Waals surface area contributed by atoms with Crippen molar-refractivity contribution in [2.75, 3.05) is 24.6 Å². The Kier molecular flexibility index (Phi) is 5.80. The average molecular weight is 436 g/mol. The van der Waals surface area contributed by atoms with Gasteiger partial charge in [0.25, 0.3) is 0 Å². The zero-order valence-corrected chi connectivity index (χ0v) is 16.9. The minimum Gasteiger partial charge on any atom is -0.491 e. The second-order valence-corrected chi connectivity index (χ2v) is 8.11. The number of hydrogen-bond donors (Lipinski definition) is 0. The van der Waals surface area contributed by atoms with Gasteiger partial charge in [-0.15, -0.1) is 10.2 Å². The summed E-state index contributed by atoms with van der Waals surface area (Å²) >= 11 is 1.38. The van der Waals surface area contributed by atoms with E-state index in [1.165, 1.54) is 23.5 Å². The second-order valence-electron chi connectivity index (χ2n) is 7.28. The van der Waals surface area contributed by atoms with Gasteiger partial charge in [0, 0.05) is 25.2 Å². The number of ether oxygens (including phenoxy) is 1. The number of halogens is 3. The molecule has 0 saturated carbocycles. The molecule has 1 aliphatic rings. The number of nitrogens with zero attached hydrogens (tertiary/aromatic N) is 6. The monoisotopic (exact) mass is 436 g/mol. The molecule has 30 heavy (non-hydrogen) atoms. The first-order valence-corrected chi connectivity index (χ1v) is 10.3. The lowest BCUT2D eigenvalue weighted by Crippen LogP contribution is -2.42. The van der Waals surface area contributed by atoms with Crippen molar-refractivity contribution >= 4 is 17.2 Å². The van der Waals surface area contributed by atoms with Crippen LogP contribution in [0.5, 0.6) is 5.75 Å². The van der Waals surface area contributed by atoms with Gasteiger partial charge in [-0.1, -0.05) is 18.3 Å². The maximum Gasteiger partial charge on any atom is 0.437 e. The number of anilines is 1. The lowest BCUT2D eigenvalue weighted by Gasteiger charge is -2.37. The maximum absolute atomic E-state index is 13.1. The topological polar surface area (TPSA) is 76.9 Å². The number of pyridine rings is 1. The molecule has 11 heteroatoms. The number of hydrogen-bond acceptors (Lipinski definition) is 8. The van der Waals surface area contributed by atoms with E-state index in [2.05, 4.69) is 37.0 Å². The van der Waals surface area contributed by atoms with Gasteiger partial charge in [0.2, 0.25) is 0 Å². The van der Waals surface area contributed by atoms with Crippen LogP contribution in [0.3, 0.4) is 0 Å². The number of aromatic nitrogens is 5. The molecule has 7 nitrogen and oxygen atoms in total. The Morgan fingerprint density at radius 3 is 2.90 bits per heavy atom. The lowest BCUT2D eigenvalue weighted by molar-refractivity contribution is -0.142. The van der Waals surface area contributed by atoms with Gasteiger partial charge >= 0.3 is 6.18 Å². The van der Waals surface area contributed by atoms with Gasteiger partial charge in [-0.2, -0.15) is 13.2 Å². The van der Waals surface area contributed by atoms with Crippen LogP contribution in [0.15, 0.2) is 36.2 Å². The predicted molar refractivity (Wildman–Crippen MR) is 105 cm³/mol. The summed E-state index contributed by atoms with van der Waals surface area (Å²) in [7, 11) is 0. The van der Waals surface area contributed by atoms with E-state index in [0.717, 1.165) is 19.2 Å². The molecule has 0 spiro atoms. The molecule has 158 valence electrons. The molecule has 4 heterocycles. The Labute approximate surface area is 175 Å². The van der Waals surface area contributed by atoms with Crippen LogP contribution in [0.4, 0.5) is 19.0 Å². The van der Waals surface area contributed by atoms with Gasteiger partial charge in [0.15, 0.2) is 10.7 Å². The van der Waals surface area contributed by atoms with Crippen molar-refractivity contribution in [3.8, 4) is 16.5 Å². The van der Waals surface area contributed by atoms with Crippen LogP contribution < -0.4 is 9.64 Å². The summed E-state index contributed by atoms with van der Waals surface area (Å²) in [6, 6.07) is 2.74. The van der Waals surface area contributed by atoms with Crippen LogP contribution in [-0.2, 0) is 6.18 Å². The molecule has 4 rings (SSSR count). The number of alkyl halides is 3. The van der Waals surface area contributed by atoms with Gasteiger partial charge < -0.3 is 9.64 Å². The fourth-order valence-electron chi connectivity index (χ4n) is 3.61. The summed E-state index contributed by atoms with van der Waals surface area (Å²) in [4.78, 5) is 14.4. The van der Waals surface area contributed by atoms with Crippen molar-refractivity contribution in [3.05, 3.63) is 41.9 Å². The highest BCUT2D eigenvalue weighted by molar-refractivity contribution is 7.12. The molecular formula is C19H19F3N6OS. The smallest absolute Gasteiger partial charge is 0.437 e. The summed E-state index contributed by atoms with van der Waals surface area (Å²) in [5.41, 5.74) is 1.28. The molecule has 3 aromatic heterocycles. The standard InChI is InChI=1S/C19H19F3N6OS/c1-12-5-13(10-29-15-3-2-4-24-17(15)19(20,21)22)9-28(8-12)16-7-23-6-14(26-16)18-27-25-11-30-18/h2-4,6-7,11-13H,5,8-10H2,1H3. The summed E-state index contributed by atoms with van der Waals surface area (Å²) in [6.07, 6.45) is 0.733. The highest BCUT2D eigenvalue weighted by Gasteiger charge is 2.36. The van der Waals surface area contributed by atoms with Crippen LogP contribution in [0.2, 0.25) is 0 Å². The summed E-state index contributed by atoms with van der Waals surface area (Å²) < 4.78 is 45.0. The van der Waals surface area contributed by atoms with Crippen molar-refractivity contribution in [2.45, 2.75) is 19.5 Å². The Balaban J connectivity index is 1.47. The summed E-state index contributed by atoms with van der Waals surface area (Å²) in [6.45, 7) is 3.66. The van der Waals surface area contributed by atoms with Gasteiger partial charge in [0.05, 0.1) is 19.0 Å². The average Bonchev–Trinajstić information content (AvgIpc) is 3.26. The Bertz CT molecular complexity index is 984. The third kappa shape index (κ3) is 4.66. The van der Waals surface area contributed by atoms with E-state index in [1.54, 1.807) is 17.9 Å². The number of piperidine rings is 1. The van der Waals surface area contributed by atoms with E-state index in [1.807, 2.05) is 0 Å². The van der Waals surface area contributed by atoms with Crippen molar-refractivity contribution < 1.29 is 17.9 Å². The molecule has 1 saturated heterocycles. The van der Waals surface area contributed by atoms with Crippen LogP contribution >= 0.6 is 11.3 Å². The van der Waals surface area contributed by atoms with Gasteiger partial charge in [0.1, 0.15) is 22.8 Å². The van der Waals surface area contributed by atoms with Crippen molar-refractivity contribution in [1.29, 1.82) is 0 Å². The molecule has 0 aromatic carbocycles. The van der Waals surface area contributed by atoms with E-state index < -0.39 is 11.9 Å². The molecule has 0 aliphatic carbocycles. The first-order valence-electron chi connectivity index (χ1n) is 9.38. The van der Waals surface area contributed by atoms with Crippen molar-refractivity contribution in [1.82, 2.24) is 25.1 Å². The van der Waals surface area contributed by atoms with Gasteiger partial charge in [-0.25, -0.2) is 9.97 Å². The van der Waals surface area contributed by atoms with E-state index >= 15 is 0 Å². The second kappa shape index (κ2) is 8.50. The third-order valence-electron chi connectivity index (χ3n) is 4.79. The molecule has 0 amide bonds.